The molecule has 0 aliphatic rings. The summed E-state index contributed by atoms with van der Waals surface area (Å²) >= 11 is 0. The number of nitrogens with zero attached hydrogens (tertiary/aromatic N) is 1. The number of hydrogen-bond acceptors (Lipinski definition) is 3. The topological polar surface area (TPSA) is 47.1 Å². The molecule has 0 aliphatic carbocycles. The number of benzene rings is 2. The first-order valence-corrected chi connectivity index (χ1v) is 6.64. The molecule has 0 atom stereocenters. The molecule has 106 valence electrons. The van der Waals surface area contributed by atoms with E-state index < -0.39 is 0 Å². The summed E-state index contributed by atoms with van der Waals surface area (Å²) in [6, 6.07) is 15.8. The second kappa shape index (κ2) is 5.71. The zero-order chi connectivity index (χ0) is 14.7. The summed E-state index contributed by atoms with van der Waals surface area (Å²) in [6.07, 6.45) is 1.71. The van der Waals surface area contributed by atoms with Crippen molar-refractivity contribution < 1.29 is 9.47 Å². The number of ether oxygens (including phenoxy) is 2. The lowest BCUT2D eigenvalue weighted by atomic mass is 10.0. The molecule has 3 aromatic rings. The van der Waals surface area contributed by atoms with Crippen molar-refractivity contribution >= 4 is 0 Å². The highest BCUT2D eigenvalue weighted by molar-refractivity contribution is 5.78. The number of nitrogens with one attached hydrogen (secondary N) is 1. The molecule has 0 aliphatic heterocycles. The van der Waals surface area contributed by atoms with Crippen LogP contribution in [0.3, 0.4) is 0 Å². The van der Waals surface area contributed by atoms with Crippen molar-refractivity contribution in [3.63, 3.8) is 0 Å². The molecular weight excluding hydrogens is 264 g/mol. The van der Waals surface area contributed by atoms with Crippen molar-refractivity contribution in [1.29, 1.82) is 0 Å². The molecule has 0 fully saturated rings. The smallest absolute Gasteiger partial charge is 0.118 e. The van der Waals surface area contributed by atoms with Crippen LogP contribution in [0.2, 0.25) is 0 Å². The highest BCUT2D eigenvalue weighted by Crippen LogP contribution is 2.30. The van der Waals surface area contributed by atoms with Gasteiger partial charge in [0.1, 0.15) is 11.5 Å². The molecule has 3 rings (SSSR count). The Morgan fingerprint density at radius 2 is 1.29 bits per heavy atom. The molecule has 21 heavy (non-hydrogen) atoms. The largest absolute Gasteiger partial charge is 0.497 e. The molecule has 4 heteroatoms. The van der Waals surface area contributed by atoms with Gasteiger partial charge in [-0.05, 0) is 48.5 Å². The minimum Gasteiger partial charge on any atom is -0.497 e. The fourth-order valence-electron chi connectivity index (χ4n) is 2.24. The van der Waals surface area contributed by atoms with Crippen LogP contribution in [0.15, 0.2) is 54.9 Å². The standard InChI is InChI=1S/C17H16N2O2/c1-20-14-7-3-12(4-8-14)16-17(19-11-18-16)13-5-9-15(21-2)10-6-13/h3-11H,1-2H3,(H,18,19). The van der Waals surface area contributed by atoms with Gasteiger partial charge in [0, 0.05) is 11.1 Å². The van der Waals surface area contributed by atoms with Gasteiger partial charge in [-0.3, -0.25) is 0 Å². The Morgan fingerprint density at radius 3 is 1.81 bits per heavy atom. The van der Waals surface area contributed by atoms with E-state index in [1.165, 1.54) is 0 Å². The number of imidazole rings is 1. The average Bonchev–Trinajstić information content (AvgIpc) is 3.04. The fraction of sp³-hybridized carbons (Fsp3) is 0.118. The van der Waals surface area contributed by atoms with Gasteiger partial charge in [0.15, 0.2) is 0 Å². The molecule has 0 radical (unpaired) electrons. The molecule has 0 bridgehead atoms. The van der Waals surface area contributed by atoms with Crippen molar-refractivity contribution in [3.05, 3.63) is 54.9 Å². The van der Waals surface area contributed by atoms with Gasteiger partial charge in [-0.2, -0.15) is 0 Å². The number of rotatable bonds is 4. The molecule has 0 saturated heterocycles. The van der Waals surface area contributed by atoms with E-state index in [0.717, 1.165) is 34.0 Å². The third-order valence-electron chi connectivity index (χ3n) is 3.38. The van der Waals surface area contributed by atoms with Crippen LogP contribution in [0.25, 0.3) is 22.5 Å². The molecule has 4 nitrogen and oxygen atoms in total. The van der Waals surface area contributed by atoms with Gasteiger partial charge in [-0.1, -0.05) is 0 Å². The van der Waals surface area contributed by atoms with Gasteiger partial charge < -0.3 is 14.5 Å². The van der Waals surface area contributed by atoms with Crippen LogP contribution in [-0.2, 0) is 0 Å². The molecule has 0 amide bonds. The van der Waals surface area contributed by atoms with Crippen molar-refractivity contribution in [2.24, 2.45) is 0 Å². The first-order valence-electron chi connectivity index (χ1n) is 6.64. The third kappa shape index (κ3) is 2.60. The van der Waals surface area contributed by atoms with Crippen LogP contribution in [-0.4, -0.2) is 24.2 Å². The maximum absolute atomic E-state index is 5.19. The molecule has 2 aromatic carbocycles. The van der Waals surface area contributed by atoms with Gasteiger partial charge in [0.05, 0.1) is 31.9 Å². The Bertz CT molecular complexity index is 653. The first-order chi connectivity index (χ1) is 10.3. The van der Waals surface area contributed by atoms with Crippen molar-refractivity contribution in [2.45, 2.75) is 0 Å². The summed E-state index contributed by atoms with van der Waals surface area (Å²) in [6.45, 7) is 0. The Labute approximate surface area is 123 Å². The number of hydrogen-bond donors (Lipinski definition) is 1. The van der Waals surface area contributed by atoms with Gasteiger partial charge in [0.25, 0.3) is 0 Å². The molecular formula is C17H16N2O2. The lowest BCUT2D eigenvalue weighted by molar-refractivity contribution is 0.414. The number of methoxy groups -OCH3 is 2. The van der Waals surface area contributed by atoms with Crippen LogP contribution in [0, 0.1) is 0 Å². The summed E-state index contributed by atoms with van der Waals surface area (Å²) in [4.78, 5) is 7.64. The molecule has 1 aromatic heterocycles. The van der Waals surface area contributed by atoms with E-state index in [0.29, 0.717) is 0 Å². The lowest BCUT2D eigenvalue weighted by Gasteiger charge is -2.06. The minimum absolute atomic E-state index is 0.834. The molecule has 0 saturated carbocycles. The van der Waals surface area contributed by atoms with Crippen LogP contribution < -0.4 is 9.47 Å². The maximum Gasteiger partial charge on any atom is 0.118 e. The summed E-state index contributed by atoms with van der Waals surface area (Å²) in [7, 11) is 3.32. The zero-order valence-corrected chi connectivity index (χ0v) is 12.0. The number of aromatic amines is 1. The molecule has 0 spiro atoms. The van der Waals surface area contributed by atoms with Gasteiger partial charge in [-0.15, -0.1) is 0 Å². The first kappa shape index (κ1) is 13.2. The number of H-pyrrole nitrogens is 1. The maximum atomic E-state index is 5.19. The van der Waals surface area contributed by atoms with Crippen LogP contribution in [0.5, 0.6) is 11.5 Å². The van der Waals surface area contributed by atoms with Crippen LogP contribution >= 0.6 is 0 Å². The lowest BCUT2D eigenvalue weighted by Crippen LogP contribution is -1.87. The molecule has 1 heterocycles. The van der Waals surface area contributed by atoms with Gasteiger partial charge in [-0.25, -0.2) is 4.98 Å². The monoisotopic (exact) mass is 280 g/mol. The summed E-state index contributed by atoms with van der Waals surface area (Å²) < 4.78 is 10.4. The SMILES string of the molecule is COc1ccc(-c2nc[nH]c2-c2ccc(OC)cc2)cc1. The van der Waals surface area contributed by atoms with Crippen LogP contribution in [0.1, 0.15) is 0 Å². The predicted octanol–water partition coefficient (Wildman–Crippen LogP) is 3.76. The van der Waals surface area contributed by atoms with Crippen molar-refractivity contribution in [3.8, 4) is 34.0 Å². The van der Waals surface area contributed by atoms with Gasteiger partial charge >= 0.3 is 0 Å². The van der Waals surface area contributed by atoms with Crippen molar-refractivity contribution in [2.75, 3.05) is 14.2 Å². The highest BCUT2D eigenvalue weighted by Gasteiger charge is 2.10. The Morgan fingerprint density at radius 1 is 0.762 bits per heavy atom. The van der Waals surface area contributed by atoms with E-state index in [-0.39, 0.29) is 0 Å². The van der Waals surface area contributed by atoms with E-state index in [2.05, 4.69) is 9.97 Å². The van der Waals surface area contributed by atoms with E-state index in [1.807, 2.05) is 48.5 Å². The fourth-order valence-corrected chi connectivity index (χ4v) is 2.24. The average molecular weight is 280 g/mol. The van der Waals surface area contributed by atoms with E-state index in [1.54, 1.807) is 20.5 Å². The molecule has 0 unspecified atom stereocenters. The summed E-state index contributed by atoms with van der Waals surface area (Å²) in [5, 5.41) is 0. The Hall–Kier alpha value is -2.75. The van der Waals surface area contributed by atoms with E-state index >= 15 is 0 Å². The second-order valence-corrected chi connectivity index (χ2v) is 4.58. The van der Waals surface area contributed by atoms with E-state index in [4.69, 9.17) is 9.47 Å². The third-order valence-corrected chi connectivity index (χ3v) is 3.38. The van der Waals surface area contributed by atoms with Crippen LogP contribution in [0.4, 0.5) is 0 Å². The van der Waals surface area contributed by atoms with Gasteiger partial charge in [0.2, 0.25) is 0 Å². The molecule has 1 N–H and O–H groups in total. The van der Waals surface area contributed by atoms with E-state index in [9.17, 15) is 0 Å². The summed E-state index contributed by atoms with van der Waals surface area (Å²) in [5.74, 6) is 1.67. The second-order valence-electron chi connectivity index (χ2n) is 4.58. The van der Waals surface area contributed by atoms with Crippen molar-refractivity contribution in [1.82, 2.24) is 9.97 Å². The summed E-state index contributed by atoms with van der Waals surface area (Å²) in [5.41, 5.74) is 4.02. The minimum atomic E-state index is 0.834. The quantitative estimate of drug-likeness (QED) is 0.791. The predicted molar refractivity (Wildman–Crippen MR) is 82.6 cm³/mol. The highest BCUT2D eigenvalue weighted by atomic mass is 16.5. The zero-order valence-electron chi connectivity index (χ0n) is 12.0. The number of aromatic nitrogens is 2. The Kier molecular flexibility index (Phi) is 3.60. The normalized spacial score (nSPS) is 10.4. The Balaban J connectivity index is 1.99.